The lowest BCUT2D eigenvalue weighted by Crippen LogP contribution is -2.47. The monoisotopic (exact) mass is 381 g/mol. The van der Waals surface area contributed by atoms with E-state index in [0.717, 1.165) is 38.5 Å². The quantitative estimate of drug-likeness (QED) is 0.609. The van der Waals surface area contributed by atoms with Crippen LogP contribution in [0.1, 0.15) is 17.3 Å². The van der Waals surface area contributed by atoms with Crippen LogP contribution < -0.4 is 9.64 Å². The molecule has 4 rings (SSSR count). The van der Waals surface area contributed by atoms with Gasteiger partial charge in [0.2, 0.25) is 0 Å². The third-order valence-corrected chi connectivity index (χ3v) is 5.78. The lowest BCUT2D eigenvalue weighted by molar-refractivity contribution is 0.101. The first-order valence-corrected chi connectivity index (χ1v) is 10.0. The molecule has 0 radical (unpaired) electrons. The van der Waals surface area contributed by atoms with Crippen LogP contribution in [0.3, 0.4) is 0 Å². The maximum absolute atomic E-state index is 11.7. The summed E-state index contributed by atoms with van der Waals surface area (Å²) in [7, 11) is 0. The van der Waals surface area contributed by atoms with Crippen molar-refractivity contribution in [2.45, 2.75) is 6.92 Å². The lowest BCUT2D eigenvalue weighted by Gasteiger charge is -2.35. The van der Waals surface area contributed by atoms with Crippen molar-refractivity contribution in [1.82, 2.24) is 9.27 Å². The number of carbonyl (C=O) groups excluding carboxylic acids is 1. The van der Waals surface area contributed by atoms with Crippen LogP contribution in [0.5, 0.6) is 5.75 Å². The van der Waals surface area contributed by atoms with E-state index in [9.17, 15) is 4.79 Å². The molecule has 5 nitrogen and oxygen atoms in total. The summed E-state index contributed by atoms with van der Waals surface area (Å²) in [6, 6.07) is 15.9. The fraction of sp³-hybridized carbons (Fsp3) is 0.333. The summed E-state index contributed by atoms with van der Waals surface area (Å²) in [5.41, 5.74) is 0.651. The van der Waals surface area contributed by atoms with Crippen molar-refractivity contribution in [3.05, 3.63) is 54.1 Å². The van der Waals surface area contributed by atoms with Gasteiger partial charge in [-0.2, -0.15) is 4.37 Å². The summed E-state index contributed by atoms with van der Waals surface area (Å²) in [6.07, 6.45) is 0. The van der Waals surface area contributed by atoms with Crippen LogP contribution in [0.15, 0.2) is 48.5 Å². The summed E-state index contributed by atoms with van der Waals surface area (Å²) in [4.78, 5) is 16.5. The van der Waals surface area contributed by atoms with Crippen molar-refractivity contribution in [2.75, 3.05) is 44.2 Å². The van der Waals surface area contributed by atoms with E-state index >= 15 is 0 Å². The summed E-state index contributed by atoms with van der Waals surface area (Å²) in [6.45, 7) is 6.94. The van der Waals surface area contributed by atoms with Gasteiger partial charge in [-0.05, 0) is 42.7 Å². The van der Waals surface area contributed by atoms with E-state index in [2.05, 4.69) is 38.4 Å². The van der Waals surface area contributed by atoms with Gasteiger partial charge >= 0.3 is 0 Å². The van der Waals surface area contributed by atoms with Gasteiger partial charge in [0, 0.05) is 38.1 Å². The number of rotatable bonds is 6. The Labute approximate surface area is 163 Å². The van der Waals surface area contributed by atoms with Gasteiger partial charge in [0.05, 0.1) is 10.3 Å². The number of fused-ring (bicyclic) bond motifs is 1. The zero-order valence-electron chi connectivity index (χ0n) is 15.4. The molecule has 140 valence electrons. The molecule has 1 aromatic heterocycles. The number of ketones is 1. The first kappa shape index (κ1) is 17.9. The van der Waals surface area contributed by atoms with Crippen LogP contribution in [0.4, 0.5) is 5.82 Å². The molecule has 1 saturated heterocycles. The number of para-hydroxylation sites is 1. The molecule has 2 heterocycles. The number of anilines is 1. The van der Waals surface area contributed by atoms with Gasteiger partial charge in [0.15, 0.2) is 5.78 Å². The fourth-order valence-electron chi connectivity index (χ4n) is 3.45. The maximum Gasteiger partial charge on any atom is 0.163 e. The second-order valence-electron chi connectivity index (χ2n) is 6.73. The Kier molecular flexibility index (Phi) is 5.36. The SMILES string of the molecule is CC(=O)c1ccccc1OCCN1CCN(c2nsc3ccccc23)CC1. The molecular formula is C21H23N3O2S. The van der Waals surface area contributed by atoms with Gasteiger partial charge in [0.25, 0.3) is 0 Å². The van der Waals surface area contributed by atoms with Gasteiger partial charge in [-0.1, -0.05) is 24.3 Å². The summed E-state index contributed by atoms with van der Waals surface area (Å²) < 4.78 is 11.8. The van der Waals surface area contributed by atoms with Crippen molar-refractivity contribution in [3.8, 4) is 5.75 Å². The zero-order chi connectivity index (χ0) is 18.6. The number of piperazine rings is 1. The Balaban J connectivity index is 1.30. The minimum absolute atomic E-state index is 0.0368. The van der Waals surface area contributed by atoms with Gasteiger partial charge in [0.1, 0.15) is 18.2 Å². The highest BCUT2D eigenvalue weighted by molar-refractivity contribution is 7.13. The van der Waals surface area contributed by atoms with E-state index in [0.29, 0.717) is 17.9 Å². The molecule has 0 spiro atoms. The highest BCUT2D eigenvalue weighted by Crippen LogP contribution is 2.29. The molecule has 1 aliphatic rings. The van der Waals surface area contributed by atoms with Gasteiger partial charge in [-0.15, -0.1) is 0 Å². The average Bonchev–Trinajstić information content (AvgIpc) is 3.13. The van der Waals surface area contributed by atoms with Crippen molar-refractivity contribution >= 4 is 33.2 Å². The van der Waals surface area contributed by atoms with E-state index in [1.807, 2.05) is 24.3 Å². The van der Waals surface area contributed by atoms with Crippen molar-refractivity contribution in [2.24, 2.45) is 0 Å². The van der Waals surface area contributed by atoms with Gasteiger partial charge in [-0.3, -0.25) is 9.69 Å². The summed E-state index contributed by atoms with van der Waals surface area (Å²) >= 11 is 1.57. The number of nitrogens with zero attached hydrogens (tertiary/aromatic N) is 3. The number of hydrogen-bond acceptors (Lipinski definition) is 6. The van der Waals surface area contributed by atoms with E-state index < -0.39 is 0 Å². The normalized spacial score (nSPS) is 15.2. The third-order valence-electron chi connectivity index (χ3n) is 4.96. The summed E-state index contributed by atoms with van der Waals surface area (Å²) in [5, 5.41) is 1.25. The number of benzene rings is 2. The maximum atomic E-state index is 11.7. The molecule has 1 aliphatic heterocycles. The molecule has 0 saturated carbocycles. The highest BCUT2D eigenvalue weighted by Gasteiger charge is 2.20. The predicted octanol–water partition coefficient (Wildman–Crippen LogP) is 3.70. The molecule has 1 fully saturated rings. The molecule has 2 aromatic carbocycles. The zero-order valence-corrected chi connectivity index (χ0v) is 16.2. The molecule has 6 heteroatoms. The average molecular weight is 382 g/mol. The second-order valence-corrected chi connectivity index (χ2v) is 7.54. The lowest BCUT2D eigenvalue weighted by atomic mass is 10.1. The number of ether oxygens (including phenoxy) is 1. The second kappa shape index (κ2) is 8.06. The minimum Gasteiger partial charge on any atom is -0.491 e. The molecular weight excluding hydrogens is 358 g/mol. The molecule has 0 bridgehead atoms. The predicted molar refractivity (Wildman–Crippen MR) is 110 cm³/mol. The molecule has 0 aliphatic carbocycles. The molecule has 3 aromatic rings. The van der Waals surface area contributed by atoms with Gasteiger partial charge < -0.3 is 9.64 Å². The smallest absolute Gasteiger partial charge is 0.163 e. The van der Waals surface area contributed by atoms with E-state index in [4.69, 9.17) is 4.74 Å². The van der Waals surface area contributed by atoms with Crippen molar-refractivity contribution in [1.29, 1.82) is 0 Å². The van der Waals surface area contributed by atoms with Crippen LogP contribution in [0.25, 0.3) is 10.1 Å². The number of aromatic nitrogens is 1. The van der Waals surface area contributed by atoms with Crippen LogP contribution in [-0.2, 0) is 0 Å². The van der Waals surface area contributed by atoms with Crippen LogP contribution in [0.2, 0.25) is 0 Å². The molecule has 0 amide bonds. The van der Waals surface area contributed by atoms with E-state index in [-0.39, 0.29) is 5.78 Å². The van der Waals surface area contributed by atoms with Gasteiger partial charge in [-0.25, -0.2) is 0 Å². The van der Waals surface area contributed by atoms with E-state index in [1.165, 1.54) is 10.1 Å². The van der Waals surface area contributed by atoms with Crippen LogP contribution >= 0.6 is 11.5 Å². The minimum atomic E-state index is 0.0368. The first-order valence-electron chi connectivity index (χ1n) is 9.27. The Morgan fingerprint density at radius 1 is 1.07 bits per heavy atom. The Morgan fingerprint density at radius 2 is 1.81 bits per heavy atom. The molecule has 0 unspecified atom stereocenters. The van der Waals surface area contributed by atoms with Crippen molar-refractivity contribution in [3.63, 3.8) is 0 Å². The first-order chi connectivity index (χ1) is 13.2. The molecule has 27 heavy (non-hydrogen) atoms. The number of carbonyl (C=O) groups is 1. The number of Topliss-reactive ketones (excluding diaryl/α,β-unsaturated/α-hetero) is 1. The Hall–Kier alpha value is -2.44. The topological polar surface area (TPSA) is 45.7 Å². The van der Waals surface area contributed by atoms with Crippen LogP contribution in [0, 0.1) is 0 Å². The highest BCUT2D eigenvalue weighted by atomic mass is 32.1. The number of hydrogen-bond donors (Lipinski definition) is 0. The van der Waals surface area contributed by atoms with Crippen LogP contribution in [-0.4, -0.2) is 54.4 Å². The fourth-order valence-corrected chi connectivity index (χ4v) is 4.25. The Bertz CT molecular complexity index is 932. The molecule has 0 N–H and O–H groups in total. The summed E-state index contributed by atoms with van der Waals surface area (Å²) in [5.74, 6) is 1.83. The largest absolute Gasteiger partial charge is 0.491 e. The third kappa shape index (κ3) is 3.96. The van der Waals surface area contributed by atoms with Crippen molar-refractivity contribution < 1.29 is 9.53 Å². The molecule has 0 atom stereocenters. The Morgan fingerprint density at radius 3 is 2.63 bits per heavy atom. The van der Waals surface area contributed by atoms with E-state index in [1.54, 1.807) is 18.5 Å². The standard InChI is InChI=1S/C21H23N3O2S/c1-16(25)17-6-2-4-8-19(17)26-15-14-23-10-12-24(13-11-23)21-18-7-3-5-9-20(18)27-22-21/h2-9H,10-15H2,1H3.